The molecule has 160 valence electrons. The number of aryl methyl sites for hydroxylation is 1. The summed E-state index contributed by atoms with van der Waals surface area (Å²) in [5.41, 5.74) is 6.48. The van der Waals surface area contributed by atoms with Gasteiger partial charge in [0.2, 0.25) is 0 Å². The molecule has 4 rings (SSSR count). The van der Waals surface area contributed by atoms with Crippen molar-refractivity contribution in [3.8, 4) is 27.4 Å². The Labute approximate surface area is 180 Å². The number of phenols is 1. The molecular formula is C22H28FN5OS. The molecule has 1 aromatic carbocycles. The predicted molar refractivity (Wildman–Crippen MR) is 120 cm³/mol. The number of halogens is 1. The summed E-state index contributed by atoms with van der Waals surface area (Å²) in [6.07, 6.45) is 3.93. The van der Waals surface area contributed by atoms with E-state index in [0.29, 0.717) is 21.7 Å². The molecule has 0 spiro atoms. The molecule has 1 saturated heterocycles. The van der Waals surface area contributed by atoms with E-state index in [-0.39, 0.29) is 11.3 Å². The second kappa shape index (κ2) is 9.06. The summed E-state index contributed by atoms with van der Waals surface area (Å²) in [5, 5.41) is 19.6. The number of benzene rings is 1. The molecule has 1 fully saturated rings. The Bertz CT molecular complexity index is 986. The zero-order valence-electron chi connectivity index (χ0n) is 17.8. The quantitative estimate of drug-likeness (QED) is 0.624. The van der Waals surface area contributed by atoms with Crippen LogP contribution in [0, 0.1) is 12.7 Å². The molecule has 0 aliphatic carbocycles. The molecule has 0 amide bonds. The average Bonchev–Trinajstić information content (AvgIpc) is 3.34. The van der Waals surface area contributed by atoms with Crippen LogP contribution in [0.15, 0.2) is 30.5 Å². The molecule has 3 aromatic rings. The van der Waals surface area contributed by atoms with E-state index in [9.17, 15) is 9.50 Å². The second-order valence-electron chi connectivity index (χ2n) is 8.43. The number of nitrogens with two attached hydrogens (primary N) is 1. The zero-order valence-corrected chi connectivity index (χ0v) is 18.6. The highest BCUT2D eigenvalue weighted by Gasteiger charge is 2.17. The highest BCUT2D eigenvalue weighted by molar-refractivity contribution is 7.15. The fourth-order valence-electron chi connectivity index (χ4n) is 3.03. The van der Waals surface area contributed by atoms with Crippen LogP contribution in [-0.2, 0) is 0 Å². The van der Waals surface area contributed by atoms with Crippen LogP contribution >= 0.6 is 11.3 Å². The standard InChI is InChI=1S/C18H17FN4OS.C4H11N/c1-11-20-10-17(25-11)12-9-16(24)13(8-14(12)19)15-4-5-18(22-21-15)23-6-2-3-7-23;1-4(2,3)5/h4-5,8-10,24H,2-3,6-7H2,1H3;5H2,1-3H3. The van der Waals surface area contributed by atoms with Crippen LogP contribution in [0.25, 0.3) is 21.7 Å². The smallest absolute Gasteiger partial charge is 0.151 e. The van der Waals surface area contributed by atoms with Crippen molar-refractivity contribution in [3.63, 3.8) is 0 Å². The van der Waals surface area contributed by atoms with E-state index in [1.54, 1.807) is 12.3 Å². The summed E-state index contributed by atoms with van der Waals surface area (Å²) in [4.78, 5) is 7.00. The first-order valence-corrected chi connectivity index (χ1v) is 10.8. The van der Waals surface area contributed by atoms with Gasteiger partial charge in [0.1, 0.15) is 11.6 Å². The van der Waals surface area contributed by atoms with Crippen molar-refractivity contribution >= 4 is 17.2 Å². The Morgan fingerprint density at radius 2 is 1.77 bits per heavy atom. The molecule has 3 N–H and O–H groups in total. The number of nitrogens with zero attached hydrogens (tertiary/aromatic N) is 4. The molecule has 0 radical (unpaired) electrons. The van der Waals surface area contributed by atoms with Crippen LogP contribution in [0.5, 0.6) is 5.75 Å². The fourth-order valence-corrected chi connectivity index (χ4v) is 3.82. The normalized spacial score (nSPS) is 13.9. The Hall–Kier alpha value is -2.58. The number of aromatic nitrogens is 3. The first-order chi connectivity index (χ1) is 14.1. The molecule has 0 unspecified atom stereocenters. The molecule has 8 heteroatoms. The summed E-state index contributed by atoms with van der Waals surface area (Å²) in [6, 6.07) is 6.37. The van der Waals surface area contributed by atoms with Crippen LogP contribution in [-0.4, -0.2) is 38.9 Å². The van der Waals surface area contributed by atoms with Crippen molar-refractivity contribution in [2.45, 2.75) is 46.1 Å². The van der Waals surface area contributed by atoms with Crippen LogP contribution in [0.1, 0.15) is 38.6 Å². The third kappa shape index (κ3) is 5.73. The Balaban J connectivity index is 0.000000461. The molecular weight excluding hydrogens is 401 g/mol. The summed E-state index contributed by atoms with van der Waals surface area (Å²) in [6.45, 7) is 9.72. The van der Waals surface area contributed by atoms with Crippen molar-refractivity contribution in [1.29, 1.82) is 0 Å². The Morgan fingerprint density at radius 3 is 2.30 bits per heavy atom. The third-order valence-electron chi connectivity index (χ3n) is 4.33. The summed E-state index contributed by atoms with van der Waals surface area (Å²) in [5.74, 6) is 0.380. The van der Waals surface area contributed by atoms with Crippen molar-refractivity contribution in [2.75, 3.05) is 18.0 Å². The van der Waals surface area contributed by atoms with Crippen molar-refractivity contribution < 1.29 is 9.50 Å². The second-order valence-corrected chi connectivity index (χ2v) is 9.66. The third-order valence-corrected chi connectivity index (χ3v) is 5.27. The Morgan fingerprint density at radius 1 is 1.10 bits per heavy atom. The molecule has 0 atom stereocenters. The fraction of sp³-hybridized carbons (Fsp3) is 0.409. The molecule has 3 heterocycles. The SMILES string of the molecule is CC(C)(C)N.Cc1ncc(-c2cc(O)c(-c3ccc(N4CCCC4)nn3)cc2F)s1. The van der Waals surface area contributed by atoms with Gasteiger partial charge in [-0.3, -0.25) is 0 Å². The van der Waals surface area contributed by atoms with Crippen LogP contribution in [0.2, 0.25) is 0 Å². The van der Waals surface area contributed by atoms with Gasteiger partial charge >= 0.3 is 0 Å². The first kappa shape index (κ1) is 22.1. The highest BCUT2D eigenvalue weighted by Crippen LogP contribution is 2.36. The van der Waals surface area contributed by atoms with Gasteiger partial charge in [0, 0.05) is 36.0 Å². The topological polar surface area (TPSA) is 88.2 Å². The number of thiazole rings is 1. The van der Waals surface area contributed by atoms with Gasteiger partial charge in [-0.05, 0) is 64.8 Å². The van der Waals surface area contributed by atoms with E-state index >= 15 is 0 Å². The van der Waals surface area contributed by atoms with Crippen LogP contribution in [0.3, 0.4) is 0 Å². The number of hydrogen-bond donors (Lipinski definition) is 2. The first-order valence-electron chi connectivity index (χ1n) is 9.95. The predicted octanol–water partition coefficient (Wildman–Crippen LogP) is 4.76. The van der Waals surface area contributed by atoms with Crippen molar-refractivity contribution in [3.05, 3.63) is 41.3 Å². The molecule has 1 aliphatic heterocycles. The highest BCUT2D eigenvalue weighted by atomic mass is 32.1. The molecule has 30 heavy (non-hydrogen) atoms. The minimum absolute atomic E-state index is 0. The molecule has 1 aliphatic rings. The van der Waals surface area contributed by atoms with Crippen molar-refractivity contribution in [2.24, 2.45) is 5.73 Å². The molecule has 0 bridgehead atoms. The van der Waals surface area contributed by atoms with E-state index in [1.165, 1.54) is 23.5 Å². The molecule has 0 saturated carbocycles. The van der Waals surface area contributed by atoms with Gasteiger partial charge in [-0.1, -0.05) is 0 Å². The van der Waals surface area contributed by atoms with E-state index < -0.39 is 5.82 Å². The maximum absolute atomic E-state index is 14.5. The number of rotatable bonds is 3. The lowest BCUT2D eigenvalue weighted by atomic mass is 10.1. The summed E-state index contributed by atoms with van der Waals surface area (Å²) < 4.78 is 14.5. The van der Waals surface area contributed by atoms with Gasteiger partial charge in [-0.25, -0.2) is 9.37 Å². The molecule has 6 nitrogen and oxygen atoms in total. The largest absolute Gasteiger partial charge is 0.507 e. The van der Waals surface area contributed by atoms with Gasteiger partial charge in [-0.15, -0.1) is 21.5 Å². The minimum Gasteiger partial charge on any atom is -0.507 e. The lowest BCUT2D eigenvalue weighted by molar-refractivity contribution is 0.475. The number of anilines is 1. The summed E-state index contributed by atoms with van der Waals surface area (Å²) in [7, 11) is 0. The maximum atomic E-state index is 14.5. The van der Waals surface area contributed by atoms with E-state index in [1.807, 2.05) is 33.8 Å². The lowest BCUT2D eigenvalue weighted by Gasteiger charge is -2.15. The Kier molecular flexibility index (Phi) is 6.67. The van der Waals surface area contributed by atoms with Gasteiger partial charge in [0.05, 0.1) is 15.6 Å². The van der Waals surface area contributed by atoms with Gasteiger partial charge < -0.3 is 15.7 Å². The van der Waals surface area contributed by atoms with Crippen LogP contribution in [0.4, 0.5) is 10.2 Å². The van der Waals surface area contributed by atoms with E-state index in [4.69, 9.17) is 5.73 Å². The van der Waals surface area contributed by atoms with Gasteiger partial charge in [-0.2, -0.15) is 0 Å². The summed E-state index contributed by atoms with van der Waals surface area (Å²) >= 11 is 1.39. The van der Waals surface area contributed by atoms with E-state index in [2.05, 4.69) is 20.1 Å². The lowest BCUT2D eigenvalue weighted by Crippen LogP contribution is -2.26. The van der Waals surface area contributed by atoms with E-state index in [0.717, 1.165) is 36.8 Å². The maximum Gasteiger partial charge on any atom is 0.151 e. The van der Waals surface area contributed by atoms with Gasteiger partial charge in [0.15, 0.2) is 5.82 Å². The van der Waals surface area contributed by atoms with Crippen LogP contribution < -0.4 is 10.6 Å². The number of hydrogen-bond acceptors (Lipinski definition) is 7. The monoisotopic (exact) mass is 429 g/mol. The number of phenolic OH excluding ortho intramolecular Hbond substituents is 1. The molecule has 2 aromatic heterocycles. The minimum atomic E-state index is -0.415. The number of aromatic hydroxyl groups is 1. The zero-order chi connectivity index (χ0) is 21.9. The van der Waals surface area contributed by atoms with Gasteiger partial charge in [0.25, 0.3) is 0 Å². The average molecular weight is 430 g/mol. The van der Waals surface area contributed by atoms with Crippen molar-refractivity contribution in [1.82, 2.24) is 15.2 Å².